The highest BCUT2D eigenvalue weighted by molar-refractivity contribution is 8.18. The number of rotatable bonds is 5. The first-order chi connectivity index (χ1) is 12.6. The number of thioether (sulfide) groups is 1. The van der Waals surface area contributed by atoms with Crippen LogP contribution in [0.4, 0.5) is 5.82 Å². The predicted molar refractivity (Wildman–Crippen MR) is 106 cm³/mol. The summed E-state index contributed by atoms with van der Waals surface area (Å²) in [5, 5.41) is 0.608. The lowest BCUT2D eigenvalue weighted by atomic mass is 10.1. The lowest BCUT2D eigenvalue weighted by molar-refractivity contribution is -0.121. The summed E-state index contributed by atoms with van der Waals surface area (Å²) in [6.07, 6.45) is 3.37. The van der Waals surface area contributed by atoms with E-state index in [4.69, 9.17) is 4.74 Å². The molecule has 1 aromatic carbocycles. The fraction of sp³-hybridized carbons (Fsp3) is 0.150. The van der Waals surface area contributed by atoms with Crippen molar-refractivity contribution in [2.45, 2.75) is 6.92 Å². The summed E-state index contributed by atoms with van der Waals surface area (Å²) in [6.45, 7) is 6.09. The number of ether oxygens (including phenoxy) is 1. The molecule has 0 atom stereocenters. The summed E-state index contributed by atoms with van der Waals surface area (Å²) in [6, 6.07) is 13.2. The first-order valence-electron chi connectivity index (χ1n) is 8.09. The fourth-order valence-electron chi connectivity index (χ4n) is 2.50. The Bertz CT molecular complexity index is 874. The third-order valence-electron chi connectivity index (χ3n) is 3.90. The zero-order chi connectivity index (χ0) is 18.5. The number of amidine groups is 1. The van der Waals surface area contributed by atoms with Crippen LogP contribution in [0.5, 0.6) is 5.75 Å². The van der Waals surface area contributed by atoms with E-state index >= 15 is 0 Å². The number of hydrogen-bond acceptors (Lipinski definition) is 5. The highest BCUT2D eigenvalue weighted by Crippen LogP contribution is 2.37. The SMILES string of the molecule is C=CCN1C(=O)/C(=C(\C)c2ccc(OC)cc2)S/C1=N/c1ccccn1. The number of amides is 1. The van der Waals surface area contributed by atoms with E-state index in [1.165, 1.54) is 11.8 Å². The average Bonchev–Trinajstić information content (AvgIpc) is 2.98. The van der Waals surface area contributed by atoms with Crippen LogP contribution in [-0.4, -0.2) is 34.6 Å². The van der Waals surface area contributed by atoms with Gasteiger partial charge in [-0.15, -0.1) is 6.58 Å². The second kappa shape index (κ2) is 8.01. The van der Waals surface area contributed by atoms with Gasteiger partial charge in [-0.05, 0) is 54.1 Å². The molecule has 1 saturated heterocycles. The molecule has 3 rings (SSSR count). The van der Waals surface area contributed by atoms with Crippen LogP contribution in [0.1, 0.15) is 12.5 Å². The van der Waals surface area contributed by atoms with Gasteiger partial charge in [0.2, 0.25) is 0 Å². The van der Waals surface area contributed by atoms with E-state index in [1.54, 1.807) is 24.3 Å². The Morgan fingerprint density at radius 3 is 2.69 bits per heavy atom. The monoisotopic (exact) mass is 365 g/mol. The van der Waals surface area contributed by atoms with E-state index < -0.39 is 0 Å². The van der Waals surface area contributed by atoms with Gasteiger partial charge in [0, 0.05) is 12.7 Å². The van der Waals surface area contributed by atoms with Crippen molar-refractivity contribution < 1.29 is 9.53 Å². The molecule has 1 aliphatic heterocycles. The number of aromatic nitrogens is 1. The topological polar surface area (TPSA) is 54.8 Å². The molecular formula is C20H19N3O2S. The molecular weight excluding hydrogens is 346 g/mol. The van der Waals surface area contributed by atoms with Gasteiger partial charge in [-0.1, -0.05) is 24.3 Å². The summed E-state index contributed by atoms with van der Waals surface area (Å²) in [7, 11) is 1.63. The smallest absolute Gasteiger partial charge is 0.267 e. The summed E-state index contributed by atoms with van der Waals surface area (Å²) >= 11 is 1.36. The van der Waals surface area contributed by atoms with Crippen LogP contribution in [0.15, 0.2) is 71.2 Å². The van der Waals surface area contributed by atoms with Gasteiger partial charge in [0.25, 0.3) is 5.91 Å². The normalized spacial score (nSPS) is 17.5. The molecule has 2 heterocycles. The molecule has 1 aliphatic rings. The molecule has 5 nitrogen and oxygen atoms in total. The van der Waals surface area contributed by atoms with Gasteiger partial charge in [-0.2, -0.15) is 0 Å². The zero-order valence-electron chi connectivity index (χ0n) is 14.7. The highest BCUT2D eigenvalue weighted by atomic mass is 32.2. The van der Waals surface area contributed by atoms with Gasteiger partial charge in [0.1, 0.15) is 5.75 Å². The molecule has 0 radical (unpaired) electrons. The van der Waals surface area contributed by atoms with Gasteiger partial charge in [0.05, 0.1) is 12.0 Å². The van der Waals surface area contributed by atoms with E-state index in [9.17, 15) is 4.79 Å². The van der Waals surface area contributed by atoms with Crippen molar-refractivity contribution in [3.05, 3.63) is 71.8 Å². The maximum atomic E-state index is 12.9. The quantitative estimate of drug-likeness (QED) is 0.586. The van der Waals surface area contributed by atoms with Crippen LogP contribution in [-0.2, 0) is 4.79 Å². The summed E-state index contributed by atoms with van der Waals surface area (Å²) in [5.74, 6) is 1.28. The van der Waals surface area contributed by atoms with Crippen molar-refractivity contribution >= 4 is 34.2 Å². The van der Waals surface area contributed by atoms with Gasteiger partial charge in [0.15, 0.2) is 11.0 Å². The minimum Gasteiger partial charge on any atom is -0.497 e. The van der Waals surface area contributed by atoms with Crippen molar-refractivity contribution in [1.82, 2.24) is 9.88 Å². The molecule has 0 aliphatic carbocycles. The first kappa shape index (κ1) is 17.9. The van der Waals surface area contributed by atoms with Crippen LogP contribution in [0, 0.1) is 0 Å². The molecule has 1 aromatic heterocycles. The minimum absolute atomic E-state index is 0.0714. The van der Waals surface area contributed by atoms with Crippen molar-refractivity contribution in [2.24, 2.45) is 4.99 Å². The van der Waals surface area contributed by atoms with Crippen LogP contribution in [0.25, 0.3) is 5.57 Å². The summed E-state index contributed by atoms with van der Waals surface area (Å²) in [5.41, 5.74) is 1.88. The number of nitrogens with zero attached hydrogens (tertiary/aromatic N) is 3. The second-order valence-corrected chi connectivity index (χ2v) is 6.55. The molecule has 1 amide bonds. The molecule has 0 N–H and O–H groups in total. The minimum atomic E-state index is -0.0714. The molecule has 1 fully saturated rings. The number of pyridine rings is 1. The second-order valence-electron chi connectivity index (χ2n) is 5.57. The molecule has 132 valence electrons. The molecule has 6 heteroatoms. The maximum Gasteiger partial charge on any atom is 0.267 e. The first-order valence-corrected chi connectivity index (χ1v) is 8.91. The van der Waals surface area contributed by atoms with Crippen molar-refractivity contribution in [2.75, 3.05) is 13.7 Å². The zero-order valence-corrected chi connectivity index (χ0v) is 15.5. The molecule has 0 saturated carbocycles. The average molecular weight is 365 g/mol. The number of methoxy groups -OCH3 is 1. The Kier molecular flexibility index (Phi) is 5.53. The van der Waals surface area contributed by atoms with Gasteiger partial charge in [-0.3, -0.25) is 9.69 Å². The number of hydrogen-bond donors (Lipinski definition) is 0. The molecule has 0 spiro atoms. The Balaban J connectivity index is 1.98. The van der Waals surface area contributed by atoms with E-state index in [0.29, 0.717) is 22.4 Å². The van der Waals surface area contributed by atoms with E-state index in [-0.39, 0.29) is 5.91 Å². The van der Waals surface area contributed by atoms with E-state index in [2.05, 4.69) is 16.6 Å². The molecule has 2 aromatic rings. The Morgan fingerprint density at radius 2 is 2.08 bits per heavy atom. The Morgan fingerprint density at radius 1 is 1.31 bits per heavy atom. The fourth-order valence-corrected chi connectivity index (χ4v) is 3.56. The predicted octanol–water partition coefficient (Wildman–Crippen LogP) is 4.27. The van der Waals surface area contributed by atoms with Crippen LogP contribution in [0.3, 0.4) is 0 Å². The van der Waals surface area contributed by atoms with Crippen LogP contribution in [0.2, 0.25) is 0 Å². The lowest BCUT2D eigenvalue weighted by Crippen LogP contribution is -2.29. The lowest BCUT2D eigenvalue weighted by Gasteiger charge is -2.12. The third-order valence-corrected chi connectivity index (χ3v) is 5.08. The maximum absolute atomic E-state index is 12.9. The largest absolute Gasteiger partial charge is 0.497 e. The van der Waals surface area contributed by atoms with Gasteiger partial charge < -0.3 is 4.74 Å². The highest BCUT2D eigenvalue weighted by Gasteiger charge is 2.34. The number of benzene rings is 1. The standard InChI is InChI=1S/C20H19N3O2S/c1-4-13-23-19(24)18(14(2)15-8-10-16(25-3)11-9-15)26-20(23)22-17-7-5-6-12-21-17/h4-12H,1,13H2,2-3H3/b18-14-,22-20+. The molecule has 0 bridgehead atoms. The summed E-state index contributed by atoms with van der Waals surface area (Å²) in [4.78, 5) is 23.9. The Hall–Kier alpha value is -2.86. The third kappa shape index (κ3) is 3.70. The van der Waals surface area contributed by atoms with Gasteiger partial charge in [-0.25, -0.2) is 9.98 Å². The molecule has 26 heavy (non-hydrogen) atoms. The van der Waals surface area contributed by atoms with E-state index in [1.807, 2.05) is 49.4 Å². The van der Waals surface area contributed by atoms with Crippen LogP contribution < -0.4 is 4.74 Å². The van der Waals surface area contributed by atoms with Crippen molar-refractivity contribution in [3.8, 4) is 5.75 Å². The van der Waals surface area contributed by atoms with E-state index in [0.717, 1.165) is 16.9 Å². The Labute approximate surface area is 157 Å². The van der Waals surface area contributed by atoms with Crippen molar-refractivity contribution in [3.63, 3.8) is 0 Å². The number of carbonyl (C=O) groups is 1. The number of allylic oxidation sites excluding steroid dienone is 1. The molecule has 0 unspecified atom stereocenters. The van der Waals surface area contributed by atoms with Crippen LogP contribution >= 0.6 is 11.8 Å². The summed E-state index contributed by atoms with van der Waals surface area (Å²) < 4.78 is 5.19. The number of aliphatic imine (C=N–C) groups is 1. The van der Waals surface area contributed by atoms with Crippen molar-refractivity contribution in [1.29, 1.82) is 0 Å². The van der Waals surface area contributed by atoms with Gasteiger partial charge >= 0.3 is 0 Å². The number of carbonyl (C=O) groups excluding carboxylic acids is 1.